The zero-order valence-corrected chi connectivity index (χ0v) is 17.2. The molecule has 1 aromatic heterocycles. The molecule has 4 aromatic rings. The minimum Gasteiger partial charge on any atom is -0.345 e. The molecule has 4 heteroatoms. The van der Waals surface area contributed by atoms with Crippen LogP contribution in [0, 0.1) is 6.92 Å². The van der Waals surface area contributed by atoms with Gasteiger partial charge in [-0.15, -0.1) is 0 Å². The summed E-state index contributed by atoms with van der Waals surface area (Å²) in [6.45, 7) is 4.03. The van der Waals surface area contributed by atoms with E-state index in [0.29, 0.717) is 11.3 Å². The van der Waals surface area contributed by atoms with E-state index in [4.69, 9.17) is 5.10 Å². The van der Waals surface area contributed by atoms with Gasteiger partial charge < -0.3 is 5.32 Å². The Morgan fingerprint density at radius 3 is 2.07 bits per heavy atom. The van der Waals surface area contributed by atoms with E-state index in [-0.39, 0.29) is 11.9 Å². The summed E-state index contributed by atoms with van der Waals surface area (Å²) in [5.41, 5.74) is 5.08. The van der Waals surface area contributed by atoms with Gasteiger partial charge in [0.15, 0.2) is 0 Å². The number of hydrogen-bond donors (Lipinski definition) is 1. The van der Waals surface area contributed by atoms with Crippen molar-refractivity contribution in [1.82, 2.24) is 15.1 Å². The highest BCUT2D eigenvalue weighted by Crippen LogP contribution is 2.28. The van der Waals surface area contributed by atoms with Crippen molar-refractivity contribution in [2.75, 3.05) is 0 Å². The van der Waals surface area contributed by atoms with Crippen LogP contribution in [0.2, 0.25) is 0 Å². The molecule has 1 heterocycles. The summed E-state index contributed by atoms with van der Waals surface area (Å²) in [6.07, 6.45) is 0.808. The Morgan fingerprint density at radius 2 is 1.47 bits per heavy atom. The number of nitrogens with one attached hydrogen (secondary N) is 1. The van der Waals surface area contributed by atoms with Crippen molar-refractivity contribution in [2.24, 2.45) is 0 Å². The Morgan fingerprint density at radius 1 is 0.900 bits per heavy atom. The van der Waals surface area contributed by atoms with Crippen molar-refractivity contribution in [1.29, 1.82) is 0 Å². The van der Waals surface area contributed by atoms with Crippen LogP contribution in [0.15, 0.2) is 91.0 Å². The molecule has 4 nitrogen and oxygen atoms in total. The summed E-state index contributed by atoms with van der Waals surface area (Å²) < 4.78 is 1.85. The summed E-state index contributed by atoms with van der Waals surface area (Å²) in [7, 11) is 0. The number of para-hydroxylation sites is 1. The minimum atomic E-state index is -0.107. The molecule has 0 saturated carbocycles. The molecule has 1 N–H and O–H groups in total. The summed E-state index contributed by atoms with van der Waals surface area (Å²) in [4.78, 5) is 13.5. The highest BCUT2D eigenvalue weighted by atomic mass is 16.1. The van der Waals surface area contributed by atoms with Gasteiger partial charge in [0.25, 0.3) is 5.91 Å². The predicted molar refractivity (Wildman–Crippen MR) is 121 cm³/mol. The molecule has 30 heavy (non-hydrogen) atoms. The average molecular weight is 396 g/mol. The molecule has 0 aliphatic heterocycles. The number of benzene rings is 3. The lowest BCUT2D eigenvalue weighted by Gasteiger charge is -2.18. The van der Waals surface area contributed by atoms with Gasteiger partial charge in [0, 0.05) is 5.56 Å². The first-order valence-electron chi connectivity index (χ1n) is 10.2. The van der Waals surface area contributed by atoms with Crippen molar-refractivity contribution >= 4 is 5.91 Å². The fourth-order valence-corrected chi connectivity index (χ4v) is 3.73. The fourth-order valence-electron chi connectivity index (χ4n) is 3.73. The Hall–Kier alpha value is -3.66. The quantitative estimate of drug-likeness (QED) is 0.453. The molecule has 1 atom stereocenters. The van der Waals surface area contributed by atoms with Crippen molar-refractivity contribution < 1.29 is 4.79 Å². The number of carbonyl (C=O) groups is 1. The van der Waals surface area contributed by atoms with Crippen LogP contribution in [0.5, 0.6) is 0 Å². The van der Waals surface area contributed by atoms with Gasteiger partial charge >= 0.3 is 0 Å². The van der Waals surface area contributed by atoms with Crippen LogP contribution in [0.4, 0.5) is 0 Å². The molecule has 0 bridgehead atoms. The molecule has 0 aliphatic rings. The summed E-state index contributed by atoms with van der Waals surface area (Å²) in [6, 6.07) is 29.8. The van der Waals surface area contributed by atoms with Crippen molar-refractivity contribution in [2.45, 2.75) is 26.3 Å². The van der Waals surface area contributed by atoms with Crippen LogP contribution in [-0.4, -0.2) is 15.7 Å². The Balaban J connectivity index is 1.77. The summed E-state index contributed by atoms with van der Waals surface area (Å²) in [5, 5.41) is 8.06. The van der Waals surface area contributed by atoms with Gasteiger partial charge in [-0.1, -0.05) is 85.8 Å². The molecule has 0 spiro atoms. The van der Waals surface area contributed by atoms with Gasteiger partial charge in [0.2, 0.25) is 0 Å². The van der Waals surface area contributed by atoms with Crippen LogP contribution in [-0.2, 0) is 0 Å². The zero-order chi connectivity index (χ0) is 20.9. The standard InChI is InChI=1S/C26H25N3O/c1-3-23(20-13-7-4-8-14-20)27-26(30)24-19(2)29(22-17-11-6-12-18-22)28-25(24)21-15-9-5-10-16-21/h4-18,23H,3H2,1-2H3,(H,27,30). The number of hydrogen-bond acceptors (Lipinski definition) is 2. The van der Waals surface area contributed by atoms with E-state index in [9.17, 15) is 4.79 Å². The molecule has 4 rings (SSSR count). The van der Waals surface area contributed by atoms with Crippen molar-refractivity contribution in [3.05, 3.63) is 108 Å². The van der Waals surface area contributed by atoms with Crippen LogP contribution in [0.3, 0.4) is 0 Å². The SMILES string of the molecule is CCC(NC(=O)c1c(-c2ccccc2)nn(-c2ccccc2)c1C)c1ccccc1. The van der Waals surface area contributed by atoms with Gasteiger partial charge in [0.05, 0.1) is 23.0 Å². The van der Waals surface area contributed by atoms with Crippen LogP contribution < -0.4 is 5.32 Å². The highest BCUT2D eigenvalue weighted by molar-refractivity contribution is 6.01. The smallest absolute Gasteiger partial charge is 0.255 e. The topological polar surface area (TPSA) is 46.9 Å². The van der Waals surface area contributed by atoms with Gasteiger partial charge in [-0.05, 0) is 31.0 Å². The van der Waals surface area contributed by atoms with E-state index in [2.05, 4.69) is 12.2 Å². The van der Waals surface area contributed by atoms with Gasteiger partial charge in [-0.25, -0.2) is 4.68 Å². The van der Waals surface area contributed by atoms with E-state index < -0.39 is 0 Å². The third kappa shape index (κ3) is 3.90. The van der Waals surface area contributed by atoms with Gasteiger partial charge in [-0.3, -0.25) is 4.79 Å². The fraction of sp³-hybridized carbons (Fsp3) is 0.154. The van der Waals surface area contributed by atoms with E-state index >= 15 is 0 Å². The monoisotopic (exact) mass is 395 g/mol. The number of amides is 1. The number of nitrogens with zero attached hydrogens (tertiary/aromatic N) is 2. The second-order valence-electron chi connectivity index (χ2n) is 7.27. The number of aromatic nitrogens is 2. The normalized spacial score (nSPS) is 11.8. The molecule has 0 aliphatic carbocycles. The lowest BCUT2D eigenvalue weighted by Crippen LogP contribution is -2.29. The second-order valence-corrected chi connectivity index (χ2v) is 7.27. The third-order valence-corrected chi connectivity index (χ3v) is 5.31. The van der Waals surface area contributed by atoms with Crippen LogP contribution in [0.1, 0.15) is 41.0 Å². The second kappa shape index (κ2) is 8.78. The highest BCUT2D eigenvalue weighted by Gasteiger charge is 2.25. The Bertz CT molecular complexity index is 1120. The zero-order valence-electron chi connectivity index (χ0n) is 17.2. The maximum absolute atomic E-state index is 13.5. The predicted octanol–water partition coefficient (Wildman–Crippen LogP) is 5.73. The minimum absolute atomic E-state index is 0.0539. The van der Waals surface area contributed by atoms with Gasteiger partial charge in [0.1, 0.15) is 5.69 Å². The van der Waals surface area contributed by atoms with Gasteiger partial charge in [-0.2, -0.15) is 5.10 Å². The first-order chi connectivity index (χ1) is 14.7. The average Bonchev–Trinajstić information content (AvgIpc) is 3.16. The first kappa shape index (κ1) is 19.6. The molecule has 150 valence electrons. The Labute approximate surface area is 177 Å². The van der Waals surface area contributed by atoms with Crippen molar-refractivity contribution in [3.8, 4) is 16.9 Å². The van der Waals surface area contributed by atoms with Crippen LogP contribution >= 0.6 is 0 Å². The van der Waals surface area contributed by atoms with E-state index in [0.717, 1.165) is 28.9 Å². The maximum Gasteiger partial charge on any atom is 0.255 e. The van der Waals surface area contributed by atoms with Crippen LogP contribution in [0.25, 0.3) is 16.9 Å². The number of rotatable bonds is 6. The first-order valence-corrected chi connectivity index (χ1v) is 10.2. The summed E-state index contributed by atoms with van der Waals surface area (Å²) >= 11 is 0. The molecular formula is C26H25N3O. The van der Waals surface area contributed by atoms with Crippen molar-refractivity contribution in [3.63, 3.8) is 0 Å². The molecule has 1 unspecified atom stereocenters. The molecular weight excluding hydrogens is 370 g/mol. The van der Waals surface area contributed by atoms with E-state index in [1.807, 2.05) is 103 Å². The number of carbonyl (C=O) groups excluding carboxylic acids is 1. The third-order valence-electron chi connectivity index (χ3n) is 5.31. The molecule has 0 fully saturated rings. The van der Waals surface area contributed by atoms with E-state index in [1.54, 1.807) is 0 Å². The van der Waals surface area contributed by atoms with E-state index in [1.165, 1.54) is 0 Å². The lowest BCUT2D eigenvalue weighted by atomic mass is 10.0. The maximum atomic E-state index is 13.5. The molecule has 3 aromatic carbocycles. The largest absolute Gasteiger partial charge is 0.345 e. The lowest BCUT2D eigenvalue weighted by molar-refractivity contribution is 0.0935. The molecule has 0 saturated heterocycles. The summed E-state index contributed by atoms with van der Waals surface area (Å²) in [5.74, 6) is -0.107. The Kier molecular flexibility index (Phi) is 5.75. The molecule has 1 amide bonds. The molecule has 0 radical (unpaired) electrons.